The first-order valence-corrected chi connectivity index (χ1v) is 6.27. The summed E-state index contributed by atoms with van der Waals surface area (Å²) in [5.41, 5.74) is 2.06. The van der Waals surface area contributed by atoms with E-state index in [-0.39, 0.29) is 12.6 Å². The molecule has 17 heavy (non-hydrogen) atoms. The van der Waals surface area contributed by atoms with E-state index in [4.69, 9.17) is 0 Å². The summed E-state index contributed by atoms with van der Waals surface area (Å²) in [7, 11) is 0. The van der Waals surface area contributed by atoms with Gasteiger partial charge < -0.3 is 10.4 Å². The lowest BCUT2D eigenvalue weighted by Gasteiger charge is -2.19. The molecule has 0 amide bonds. The lowest BCUT2D eigenvalue weighted by Crippen LogP contribution is -2.15. The molecule has 2 aromatic carbocycles. The van der Waals surface area contributed by atoms with Gasteiger partial charge in [-0.25, -0.2) is 0 Å². The zero-order chi connectivity index (χ0) is 12.1. The van der Waals surface area contributed by atoms with Gasteiger partial charge >= 0.3 is 0 Å². The fourth-order valence-electron chi connectivity index (χ4n) is 1.72. The van der Waals surface area contributed by atoms with E-state index in [1.807, 2.05) is 54.6 Å². The van der Waals surface area contributed by atoms with E-state index < -0.39 is 0 Å². The third kappa shape index (κ3) is 3.08. The molecule has 0 aromatic heterocycles. The zero-order valence-corrected chi connectivity index (χ0v) is 10.9. The van der Waals surface area contributed by atoms with Gasteiger partial charge in [0.25, 0.3) is 0 Å². The monoisotopic (exact) mass is 291 g/mol. The molecule has 0 radical (unpaired) electrons. The largest absolute Gasteiger partial charge is 0.394 e. The van der Waals surface area contributed by atoms with Crippen molar-refractivity contribution in [2.24, 2.45) is 0 Å². The first kappa shape index (κ1) is 12.1. The predicted octanol–water partition coefficient (Wildman–Crippen LogP) is 3.59. The molecule has 0 spiro atoms. The number of hydrogen-bond donors (Lipinski definition) is 2. The Morgan fingerprint density at radius 2 is 1.65 bits per heavy atom. The quantitative estimate of drug-likeness (QED) is 0.902. The number of rotatable bonds is 4. The minimum atomic E-state index is -0.104. The van der Waals surface area contributed by atoms with Crippen molar-refractivity contribution in [1.29, 1.82) is 0 Å². The van der Waals surface area contributed by atoms with Gasteiger partial charge in [0.1, 0.15) is 0 Å². The summed E-state index contributed by atoms with van der Waals surface area (Å²) in [6.07, 6.45) is 0. The van der Waals surface area contributed by atoms with Crippen LogP contribution >= 0.6 is 15.9 Å². The second-order valence-corrected chi connectivity index (χ2v) is 4.62. The molecule has 0 aliphatic carbocycles. The van der Waals surface area contributed by atoms with Crippen LogP contribution in [0.5, 0.6) is 0 Å². The number of hydrogen-bond acceptors (Lipinski definition) is 2. The summed E-state index contributed by atoms with van der Waals surface area (Å²) in [6.45, 7) is 0.0531. The van der Waals surface area contributed by atoms with E-state index in [1.54, 1.807) is 0 Å². The van der Waals surface area contributed by atoms with Crippen LogP contribution in [-0.4, -0.2) is 11.7 Å². The number of para-hydroxylation sites is 1. The first-order chi connectivity index (χ1) is 8.31. The summed E-state index contributed by atoms with van der Waals surface area (Å²) in [4.78, 5) is 0. The molecular weight excluding hydrogens is 278 g/mol. The van der Waals surface area contributed by atoms with Crippen LogP contribution in [0.3, 0.4) is 0 Å². The normalized spacial score (nSPS) is 12.1. The van der Waals surface area contributed by atoms with Gasteiger partial charge in [-0.1, -0.05) is 52.3 Å². The topological polar surface area (TPSA) is 32.3 Å². The maximum atomic E-state index is 9.48. The number of anilines is 1. The Morgan fingerprint density at radius 3 is 2.29 bits per heavy atom. The Kier molecular flexibility index (Phi) is 4.18. The van der Waals surface area contributed by atoms with Gasteiger partial charge in [0.05, 0.1) is 12.6 Å². The van der Waals surface area contributed by atoms with Gasteiger partial charge in [-0.3, -0.25) is 0 Å². The van der Waals surface area contributed by atoms with E-state index in [2.05, 4.69) is 21.2 Å². The number of nitrogens with one attached hydrogen (secondary N) is 1. The molecule has 0 saturated heterocycles. The Morgan fingerprint density at radius 1 is 1.00 bits per heavy atom. The van der Waals surface area contributed by atoms with Crippen molar-refractivity contribution in [2.75, 3.05) is 11.9 Å². The van der Waals surface area contributed by atoms with Gasteiger partial charge in [-0.15, -0.1) is 0 Å². The standard InChI is InChI=1S/C14H14BrNO/c15-13-9-5-4-8-12(13)14(10-17)16-11-6-2-1-3-7-11/h1-9,14,16-17H,10H2. The van der Waals surface area contributed by atoms with Crippen LogP contribution < -0.4 is 5.32 Å². The fourth-order valence-corrected chi connectivity index (χ4v) is 2.28. The molecule has 0 aliphatic rings. The molecule has 1 atom stereocenters. The molecule has 3 heteroatoms. The van der Waals surface area contributed by atoms with E-state index in [9.17, 15) is 5.11 Å². The Labute approximate surface area is 109 Å². The van der Waals surface area contributed by atoms with Crippen LogP contribution in [0.1, 0.15) is 11.6 Å². The van der Waals surface area contributed by atoms with Gasteiger partial charge in [0.15, 0.2) is 0 Å². The van der Waals surface area contributed by atoms with E-state index in [0.29, 0.717) is 0 Å². The van der Waals surface area contributed by atoms with Gasteiger partial charge in [-0.05, 0) is 23.8 Å². The Bertz CT molecular complexity index is 473. The van der Waals surface area contributed by atoms with E-state index in [1.165, 1.54) is 0 Å². The average Bonchev–Trinajstić information content (AvgIpc) is 2.38. The molecule has 0 aliphatic heterocycles. The van der Waals surface area contributed by atoms with E-state index in [0.717, 1.165) is 15.7 Å². The Balaban J connectivity index is 2.21. The molecular formula is C14H14BrNO. The molecule has 2 nitrogen and oxygen atoms in total. The number of benzene rings is 2. The highest BCUT2D eigenvalue weighted by molar-refractivity contribution is 9.10. The van der Waals surface area contributed by atoms with Crippen molar-refractivity contribution in [3.8, 4) is 0 Å². The summed E-state index contributed by atoms with van der Waals surface area (Å²) >= 11 is 3.50. The maximum absolute atomic E-state index is 9.48. The molecule has 0 saturated carbocycles. The minimum Gasteiger partial charge on any atom is -0.394 e. The van der Waals surface area contributed by atoms with Crippen LogP contribution in [0.25, 0.3) is 0 Å². The molecule has 0 heterocycles. The van der Waals surface area contributed by atoms with Crippen LogP contribution in [0.2, 0.25) is 0 Å². The van der Waals surface area contributed by atoms with Gasteiger partial charge in [0, 0.05) is 10.2 Å². The van der Waals surface area contributed by atoms with Crippen LogP contribution in [0, 0.1) is 0 Å². The summed E-state index contributed by atoms with van der Waals surface area (Å²) in [5, 5.41) is 12.8. The highest BCUT2D eigenvalue weighted by atomic mass is 79.9. The molecule has 1 unspecified atom stereocenters. The smallest absolute Gasteiger partial charge is 0.0755 e. The van der Waals surface area contributed by atoms with Crippen molar-refractivity contribution < 1.29 is 5.11 Å². The number of aliphatic hydroxyl groups excluding tert-OH is 1. The van der Waals surface area contributed by atoms with Gasteiger partial charge in [0.2, 0.25) is 0 Å². The molecule has 0 bridgehead atoms. The molecule has 0 fully saturated rings. The van der Waals surface area contributed by atoms with Crippen molar-refractivity contribution >= 4 is 21.6 Å². The Hall–Kier alpha value is -1.32. The van der Waals surface area contributed by atoms with Gasteiger partial charge in [-0.2, -0.15) is 0 Å². The predicted molar refractivity (Wildman–Crippen MR) is 74.0 cm³/mol. The number of halogens is 1. The summed E-state index contributed by atoms with van der Waals surface area (Å²) in [5.74, 6) is 0. The van der Waals surface area contributed by atoms with Crippen LogP contribution in [0.4, 0.5) is 5.69 Å². The third-order valence-corrected chi connectivity index (χ3v) is 3.30. The lowest BCUT2D eigenvalue weighted by molar-refractivity contribution is 0.276. The fraction of sp³-hybridized carbons (Fsp3) is 0.143. The van der Waals surface area contributed by atoms with Crippen LogP contribution in [-0.2, 0) is 0 Å². The average molecular weight is 292 g/mol. The number of aliphatic hydroxyl groups is 1. The summed E-state index contributed by atoms with van der Waals surface area (Å²) in [6, 6.07) is 17.7. The van der Waals surface area contributed by atoms with Crippen molar-refractivity contribution in [2.45, 2.75) is 6.04 Å². The van der Waals surface area contributed by atoms with E-state index >= 15 is 0 Å². The SMILES string of the molecule is OCC(Nc1ccccc1)c1ccccc1Br. The molecule has 88 valence electrons. The first-order valence-electron chi connectivity index (χ1n) is 5.48. The highest BCUT2D eigenvalue weighted by Crippen LogP contribution is 2.25. The highest BCUT2D eigenvalue weighted by Gasteiger charge is 2.12. The zero-order valence-electron chi connectivity index (χ0n) is 9.31. The van der Waals surface area contributed by atoms with Crippen molar-refractivity contribution in [1.82, 2.24) is 0 Å². The maximum Gasteiger partial charge on any atom is 0.0755 e. The molecule has 2 aromatic rings. The molecule has 2 N–H and O–H groups in total. The second-order valence-electron chi connectivity index (χ2n) is 3.77. The lowest BCUT2D eigenvalue weighted by atomic mass is 10.1. The van der Waals surface area contributed by atoms with Crippen LogP contribution in [0.15, 0.2) is 59.1 Å². The third-order valence-electron chi connectivity index (χ3n) is 2.58. The molecule has 2 rings (SSSR count). The van der Waals surface area contributed by atoms with Crippen molar-refractivity contribution in [3.63, 3.8) is 0 Å². The van der Waals surface area contributed by atoms with Crippen molar-refractivity contribution in [3.05, 3.63) is 64.6 Å². The minimum absolute atomic E-state index is 0.0531. The summed E-state index contributed by atoms with van der Waals surface area (Å²) < 4.78 is 1.00. The second kappa shape index (κ2) is 5.84.